The lowest BCUT2D eigenvalue weighted by molar-refractivity contribution is 0.0955. The summed E-state index contributed by atoms with van der Waals surface area (Å²) in [5, 5.41) is 3.70. The van der Waals surface area contributed by atoms with E-state index in [4.69, 9.17) is 14.2 Å². The summed E-state index contributed by atoms with van der Waals surface area (Å²) in [6.07, 6.45) is 1.80. The van der Waals surface area contributed by atoms with Crippen LogP contribution in [0.3, 0.4) is 0 Å². The monoisotopic (exact) mass is 413 g/mol. The van der Waals surface area contributed by atoms with Crippen molar-refractivity contribution in [3.8, 4) is 28.5 Å². The van der Waals surface area contributed by atoms with Gasteiger partial charge in [-0.25, -0.2) is 4.98 Å². The molecule has 7 nitrogen and oxygen atoms in total. The first kappa shape index (κ1) is 20.6. The second-order valence-corrected chi connectivity index (χ2v) is 7.12. The van der Waals surface area contributed by atoms with Gasteiger partial charge in [-0.1, -0.05) is 11.8 Å². The molecule has 29 heavy (non-hydrogen) atoms. The van der Waals surface area contributed by atoms with Gasteiger partial charge in [-0.2, -0.15) is 0 Å². The van der Waals surface area contributed by atoms with Crippen molar-refractivity contribution in [1.82, 2.24) is 15.3 Å². The van der Waals surface area contributed by atoms with Gasteiger partial charge in [-0.05, 0) is 42.0 Å². The van der Waals surface area contributed by atoms with Gasteiger partial charge in [0.05, 0.1) is 33.2 Å². The van der Waals surface area contributed by atoms with Crippen LogP contribution in [0.2, 0.25) is 0 Å². The number of amides is 1. The Kier molecular flexibility index (Phi) is 7.02. The van der Waals surface area contributed by atoms with Gasteiger partial charge in [0.15, 0.2) is 5.16 Å². The number of ether oxygens (including phenoxy) is 3. The van der Waals surface area contributed by atoms with Crippen LogP contribution in [-0.2, 0) is 0 Å². The third-order valence-electron chi connectivity index (χ3n) is 4.19. The van der Waals surface area contributed by atoms with Crippen molar-refractivity contribution in [2.75, 3.05) is 33.6 Å². The molecule has 0 aliphatic rings. The molecule has 0 atom stereocenters. The molecule has 0 radical (unpaired) electrons. The van der Waals surface area contributed by atoms with Crippen LogP contribution in [-0.4, -0.2) is 49.5 Å². The third-order valence-corrected chi connectivity index (χ3v) is 5.08. The number of hydrogen-bond donors (Lipinski definition) is 2. The number of carbonyl (C=O) groups excluding carboxylic acids is 1. The predicted molar refractivity (Wildman–Crippen MR) is 113 cm³/mol. The minimum Gasteiger partial charge on any atom is -0.497 e. The minimum absolute atomic E-state index is 0.179. The summed E-state index contributed by atoms with van der Waals surface area (Å²) in [6, 6.07) is 12.9. The van der Waals surface area contributed by atoms with E-state index >= 15 is 0 Å². The maximum atomic E-state index is 12.4. The summed E-state index contributed by atoms with van der Waals surface area (Å²) >= 11 is 1.54. The fourth-order valence-electron chi connectivity index (χ4n) is 2.65. The van der Waals surface area contributed by atoms with Gasteiger partial charge >= 0.3 is 0 Å². The molecule has 2 aromatic carbocycles. The SMILES string of the molecule is COc1ccc(-c2cnc(SCCNC(=O)c3cc(OC)cc(OC)c3)[nH]2)cc1. The van der Waals surface area contributed by atoms with Gasteiger partial charge in [-0.15, -0.1) is 0 Å². The second kappa shape index (κ2) is 9.88. The minimum atomic E-state index is -0.179. The molecule has 0 saturated heterocycles. The van der Waals surface area contributed by atoms with E-state index in [-0.39, 0.29) is 5.91 Å². The summed E-state index contributed by atoms with van der Waals surface area (Å²) in [6.45, 7) is 0.502. The smallest absolute Gasteiger partial charge is 0.251 e. The highest BCUT2D eigenvalue weighted by Gasteiger charge is 2.10. The van der Waals surface area contributed by atoms with Crippen LogP contribution in [0.4, 0.5) is 0 Å². The van der Waals surface area contributed by atoms with Crippen LogP contribution in [0.25, 0.3) is 11.3 Å². The number of imidazole rings is 1. The van der Waals surface area contributed by atoms with Crippen molar-refractivity contribution in [1.29, 1.82) is 0 Å². The number of H-pyrrole nitrogens is 1. The molecule has 2 N–H and O–H groups in total. The van der Waals surface area contributed by atoms with Crippen molar-refractivity contribution < 1.29 is 19.0 Å². The molecular weight excluding hydrogens is 390 g/mol. The van der Waals surface area contributed by atoms with E-state index in [9.17, 15) is 4.79 Å². The average molecular weight is 413 g/mol. The summed E-state index contributed by atoms with van der Waals surface area (Å²) in [5.74, 6) is 2.46. The number of benzene rings is 2. The molecule has 0 saturated carbocycles. The van der Waals surface area contributed by atoms with Crippen LogP contribution in [0.15, 0.2) is 53.8 Å². The Morgan fingerprint density at radius 2 is 1.66 bits per heavy atom. The highest BCUT2D eigenvalue weighted by molar-refractivity contribution is 7.99. The molecule has 0 spiro atoms. The molecule has 3 rings (SSSR count). The largest absolute Gasteiger partial charge is 0.497 e. The Balaban J connectivity index is 1.50. The topological polar surface area (TPSA) is 85.5 Å². The zero-order chi connectivity index (χ0) is 20.6. The lowest BCUT2D eigenvalue weighted by Crippen LogP contribution is -2.25. The fraction of sp³-hybridized carbons (Fsp3) is 0.238. The maximum Gasteiger partial charge on any atom is 0.251 e. The van der Waals surface area contributed by atoms with E-state index in [0.717, 1.165) is 22.2 Å². The summed E-state index contributed by atoms with van der Waals surface area (Å²) in [5.41, 5.74) is 2.46. The number of nitrogens with zero attached hydrogens (tertiary/aromatic N) is 1. The average Bonchev–Trinajstić information content (AvgIpc) is 3.25. The van der Waals surface area contributed by atoms with Crippen LogP contribution in [0, 0.1) is 0 Å². The first-order chi connectivity index (χ1) is 14.1. The Morgan fingerprint density at radius 1 is 1.00 bits per heavy atom. The normalized spacial score (nSPS) is 10.4. The van der Waals surface area contributed by atoms with Gasteiger partial charge in [0.2, 0.25) is 0 Å². The molecule has 0 bridgehead atoms. The van der Waals surface area contributed by atoms with Crippen molar-refractivity contribution in [3.63, 3.8) is 0 Å². The van der Waals surface area contributed by atoms with Gasteiger partial charge in [0, 0.05) is 23.9 Å². The summed E-state index contributed by atoms with van der Waals surface area (Å²) in [7, 11) is 4.75. The Bertz CT molecular complexity index is 935. The van der Waals surface area contributed by atoms with Crippen molar-refractivity contribution >= 4 is 17.7 Å². The molecule has 0 unspecified atom stereocenters. The highest BCUT2D eigenvalue weighted by Crippen LogP contribution is 2.24. The third kappa shape index (κ3) is 5.45. The first-order valence-corrected chi connectivity index (χ1v) is 9.95. The fourth-order valence-corrected chi connectivity index (χ4v) is 3.35. The van der Waals surface area contributed by atoms with Crippen LogP contribution < -0.4 is 19.5 Å². The molecule has 1 heterocycles. The molecule has 1 aromatic heterocycles. The number of nitrogens with one attached hydrogen (secondary N) is 2. The lowest BCUT2D eigenvalue weighted by atomic mass is 10.2. The number of thioether (sulfide) groups is 1. The van der Waals surface area contributed by atoms with E-state index in [1.165, 1.54) is 0 Å². The first-order valence-electron chi connectivity index (χ1n) is 8.96. The van der Waals surface area contributed by atoms with E-state index < -0.39 is 0 Å². The Hall–Kier alpha value is -3.13. The van der Waals surface area contributed by atoms with Crippen LogP contribution in [0.1, 0.15) is 10.4 Å². The van der Waals surface area contributed by atoms with E-state index in [1.54, 1.807) is 57.5 Å². The Labute approximate surface area is 173 Å². The van der Waals surface area contributed by atoms with E-state index in [2.05, 4.69) is 15.3 Å². The van der Waals surface area contributed by atoms with E-state index in [0.29, 0.717) is 29.4 Å². The van der Waals surface area contributed by atoms with Crippen LogP contribution >= 0.6 is 11.8 Å². The van der Waals surface area contributed by atoms with E-state index in [1.807, 2.05) is 24.3 Å². The molecule has 3 aromatic rings. The zero-order valence-electron chi connectivity index (χ0n) is 16.5. The summed E-state index contributed by atoms with van der Waals surface area (Å²) in [4.78, 5) is 20.0. The highest BCUT2D eigenvalue weighted by atomic mass is 32.2. The zero-order valence-corrected chi connectivity index (χ0v) is 17.3. The molecule has 0 aliphatic heterocycles. The van der Waals surface area contributed by atoms with Crippen molar-refractivity contribution in [2.45, 2.75) is 5.16 Å². The number of hydrogen-bond acceptors (Lipinski definition) is 6. The molecule has 1 amide bonds. The predicted octanol–water partition coefficient (Wildman–Crippen LogP) is 3.62. The number of aromatic amines is 1. The van der Waals surface area contributed by atoms with Gasteiger partial charge in [0.1, 0.15) is 17.2 Å². The van der Waals surface area contributed by atoms with Crippen molar-refractivity contribution in [2.24, 2.45) is 0 Å². The number of rotatable bonds is 9. The number of aromatic nitrogens is 2. The molecular formula is C21H23N3O4S. The standard InChI is InChI=1S/C21H23N3O4S/c1-26-16-6-4-14(5-7-16)19-13-23-21(24-19)29-9-8-22-20(25)15-10-17(27-2)12-18(11-15)28-3/h4-7,10-13H,8-9H2,1-3H3,(H,22,25)(H,23,24). The molecule has 8 heteroatoms. The molecule has 0 fully saturated rings. The van der Waals surface area contributed by atoms with Gasteiger partial charge < -0.3 is 24.5 Å². The van der Waals surface area contributed by atoms with Crippen molar-refractivity contribution in [3.05, 3.63) is 54.2 Å². The van der Waals surface area contributed by atoms with Crippen LogP contribution in [0.5, 0.6) is 17.2 Å². The number of methoxy groups -OCH3 is 3. The van der Waals surface area contributed by atoms with Gasteiger partial charge in [0.25, 0.3) is 5.91 Å². The Morgan fingerprint density at radius 3 is 2.28 bits per heavy atom. The lowest BCUT2D eigenvalue weighted by Gasteiger charge is -2.09. The summed E-state index contributed by atoms with van der Waals surface area (Å²) < 4.78 is 15.6. The van der Waals surface area contributed by atoms with Gasteiger partial charge in [-0.3, -0.25) is 4.79 Å². The quantitative estimate of drug-likeness (QED) is 0.412. The maximum absolute atomic E-state index is 12.4. The second-order valence-electron chi connectivity index (χ2n) is 6.04. The number of carbonyl (C=O) groups is 1. The molecule has 152 valence electrons. The molecule has 0 aliphatic carbocycles.